The summed E-state index contributed by atoms with van der Waals surface area (Å²) in [5.74, 6) is 1.06. The van der Waals surface area contributed by atoms with Crippen molar-refractivity contribution in [3.8, 4) is 0 Å². The predicted octanol–water partition coefficient (Wildman–Crippen LogP) is 3.42. The third kappa shape index (κ3) is 2.52. The van der Waals surface area contributed by atoms with Crippen LogP contribution in [0.2, 0.25) is 0 Å². The topological polar surface area (TPSA) is 67.7 Å². The van der Waals surface area contributed by atoms with Crippen molar-refractivity contribution >= 4 is 29.0 Å². The largest absolute Gasteiger partial charge is 0.447 e. The van der Waals surface area contributed by atoms with Gasteiger partial charge in [-0.1, -0.05) is 0 Å². The number of likely N-dealkylation sites (tertiary alicyclic amines) is 1. The lowest BCUT2D eigenvalue weighted by Gasteiger charge is -2.33. The van der Waals surface area contributed by atoms with Gasteiger partial charge in [0.15, 0.2) is 5.82 Å². The number of amides is 1. The fourth-order valence-electron chi connectivity index (χ4n) is 3.49. The molecule has 124 valence electrons. The summed E-state index contributed by atoms with van der Waals surface area (Å²) in [6.45, 7) is 5.19. The summed E-state index contributed by atoms with van der Waals surface area (Å²) in [5.41, 5.74) is 3.18. The molecule has 0 N–H and O–H groups in total. The van der Waals surface area contributed by atoms with Crippen molar-refractivity contribution in [3.63, 3.8) is 0 Å². The number of aromatic nitrogens is 2. The van der Waals surface area contributed by atoms with Gasteiger partial charge >= 0.3 is 6.09 Å². The van der Waals surface area contributed by atoms with E-state index in [2.05, 4.69) is 21.0 Å². The van der Waals surface area contributed by atoms with Gasteiger partial charge in [-0.2, -0.15) is 0 Å². The molecular weight excluding hydrogens is 304 g/mol. The van der Waals surface area contributed by atoms with Gasteiger partial charge in [0.05, 0.1) is 17.8 Å². The Morgan fingerprint density at radius 3 is 3.00 bits per heavy atom. The molecule has 1 unspecified atom stereocenters. The van der Waals surface area contributed by atoms with Gasteiger partial charge in [0, 0.05) is 42.4 Å². The van der Waals surface area contributed by atoms with Crippen LogP contribution in [0.1, 0.15) is 43.7 Å². The molecule has 4 rings (SSSR count). The zero-order valence-electron chi connectivity index (χ0n) is 13.9. The summed E-state index contributed by atoms with van der Waals surface area (Å²) in [7, 11) is 0. The van der Waals surface area contributed by atoms with Crippen molar-refractivity contribution in [1.29, 1.82) is 0 Å². The van der Waals surface area contributed by atoms with Gasteiger partial charge in [-0.3, -0.25) is 4.98 Å². The van der Waals surface area contributed by atoms with Crippen LogP contribution in [0.5, 0.6) is 0 Å². The standard InChI is InChI=1S/C18H20N4O2/c1-11(2)24-18(23)22-7-3-4-12(10-22)13-5-6-19-15-9-21-17-14(8-20-17)16(13)15/h5-6,8-9,11-12H,3-4,7,10H2,1-2H3. The molecular formula is C18H20N4O2. The Morgan fingerprint density at radius 1 is 1.38 bits per heavy atom. The number of fused-ring (bicyclic) bond motifs is 3. The van der Waals surface area contributed by atoms with Gasteiger partial charge in [-0.15, -0.1) is 0 Å². The number of ether oxygens (including phenoxy) is 1. The lowest BCUT2D eigenvalue weighted by Crippen LogP contribution is -2.40. The van der Waals surface area contributed by atoms with Crippen LogP contribution in [0.3, 0.4) is 0 Å². The molecule has 6 nitrogen and oxygen atoms in total. The van der Waals surface area contributed by atoms with Gasteiger partial charge < -0.3 is 9.64 Å². The molecule has 2 aromatic rings. The summed E-state index contributed by atoms with van der Waals surface area (Å²) in [6, 6.07) is 2.07. The number of carbonyl (C=O) groups is 1. The third-order valence-corrected chi connectivity index (χ3v) is 4.60. The second kappa shape index (κ2) is 5.85. The highest BCUT2D eigenvalue weighted by atomic mass is 16.6. The minimum Gasteiger partial charge on any atom is -0.447 e. The Hall–Kier alpha value is -2.50. The van der Waals surface area contributed by atoms with Crippen molar-refractivity contribution in [2.24, 2.45) is 4.99 Å². The van der Waals surface area contributed by atoms with E-state index in [9.17, 15) is 4.79 Å². The number of hydrogen-bond donors (Lipinski definition) is 0. The lowest BCUT2D eigenvalue weighted by atomic mass is 9.87. The molecule has 1 amide bonds. The molecule has 1 fully saturated rings. The first-order valence-electron chi connectivity index (χ1n) is 8.40. The fourth-order valence-corrected chi connectivity index (χ4v) is 3.49. The van der Waals surface area contributed by atoms with E-state index in [1.54, 1.807) is 6.20 Å². The van der Waals surface area contributed by atoms with Crippen LogP contribution < -0.4 is 0 Å². The van der Waals surface area contributed by atoms with Gasteiger partial charge in [0.25, 0.3) is 0 Å². The molecule has 0 radical (unpaired) electrons. The summed E-state index contributed by atoms with van der Waals surface area (Å²) >= 11 is 0. The van der Waals surface area contributed by atoms with E-state index in [0.717, 1.165) is 41.7 Å². The smallest absolute Gasteiger partial charge is 0.410 e. The van der Waals surface area contributed by atoms with E-state index >= 15 is 0 Å². The quantitative estimate of drug-likeness (QED) is 0.724. The normalized spacial score (nSPS) is 19.3. The fraction of sp³-hybridized carbons (Fsp3) is 0.444. The highest BCUT2D eigenvalue weighted by Gasteiger charge is 2.28. The maximum absolute atomic E-state index is 12.2. The van der Waals surface area contributed by atoms with Gasteiger partial charge in [-0.25, -0.2) is 14.8 Å². The van der Waals surface area contributed by atoms with Crippen LogP contribution in [0.25, 0.3) is 10.9 Å². The summed E-state index contributed by atoms with van der Waals surface area (Å²) in [5, 5.41) is 1.13. The molecule has 0 saturated carbocycles. The number of aliphatic imine (C=N–C) groups is 1. The number of nitrogens with zero attached hydrogens (tertiary/aromatic N) is 4. The molecule has 0 spiro atoms. The first kappa shape index (κ1) is 15.1. The molecule has 24 heavy (non-hydrogen) atoms. The van der Waals surface area contributed by atoms with E-state index in [0.29, 0.717) is 6.54 Å². The molecule has 4 heterocycles. The molecule has 0 aromatic carbocycles. The first-order chi connectivity index (χ1) is 11.6. The predicted molar refractivity (Wildman–Crippen MR) is 92.0 cm³/mol. The number of hydrogen-bond acceptors (Lipinski definition) is 5. The number of pyridine rings is 2. The number of piperidine rings is 1. The first-order valence-corrected chi connectivity index (χ1v) is 8.40. The summed E-state index contributed by atoms with van der Waals surface area (Å²) in [4.78, 5) is 27.0. The Bertz CT molecular complexity index is 831. The Morgan fingerprint density at radius 2 is 2.25 bits per heavy atom. The molecule has 2 aliphatic heterocycles. The molecule has 2 aliphatic rings. The second-order valence-corrected chi connectivity index (χ2v) is 6.63. The van der Waals surface area contributed by atoms with E-state index in [-0.39, 0.29) is 18.1 Å². The molecule has 0 bridgehead atoms. The van der Waals surface area contributed by atoms with Crippen LogP contribution in [0.4, 0.5) is 10.6 Å². The maximum Gasteiger partial charge on any atom is 0.410 e. The van der Waals surface area contributed by atoms with Crippen molar-refractivity contribution in [2.45, 2.75) is 38.7 Å². The molecule has 1 saturated heterocycles. The molecule has 1 atom stereocenters. The zero-order chi connectivity index (χ0) is 16.7. The highest BCUT2D eigenvalue weighted by molar-refractivity contribution is 6.09. The van der Waals surface area contributed by atoms with E-state index < -0.39 is 0 Å². The van der Waals surface area contributed by atoms with Gasteiger partial charge in [-0.05, 0) is 38.3 Å². The SMILES string of the molecule is CC(C)OC(=O)N1CCCC(c2ccnc3cnc4c(c23)C=N4)C1. The van der Waals surface area contributed by atoms with E-state index in [1.807, 2.05) is 31.2 Å². The maximum atomic E-state index is 12.2. The van der Waals surface area contributed by atoms with Crippen LogP contribution in [-0.4, -0.2) is 46.4 Å². The van der Waals surface area contributed by atoms with Crippen LogP contribution in [0.15, 0.2) is 23.5 Å². The van der Waals surface area contributed by atoms with Gasteiger partial charge in [0.1, 0.15) is 0 Å². The molecule has 2 aromatic heterocycles. The summed E-state index contributed by atoms with van der Waals surface area (Å²) in [6.07, 6.45) is 7.17. The van der Waals surface area contributed by atoms with Crippen molar-refractivity contribution in [1.82, 2.24) is 14.9 Å². The second-order valence-electron chi connectivity index (χ2n) is 6.63. The van der Waals surface area contributed by atoms with E-state index in [1.165, 1.54) is 5.56 Å². The highest BCUT2D eigenvalue weighted by Crippen LogP contribution is 2.37. The van der Waals surface area contributed by atoms with Crippen LogP contribution >= 0.6 is 0 Å². The average molecular weight is 324 g/mol. The van der Waals surface area contributed by atoms with Crippen LogP contribution in [-0.2, 0) is 4.74 Å². The van der Waals surface area contributed by atoms with Crippen molar-refractivity contribution in [3.05, 3.63) is 29.6 Å². The minimum absolute atomic E-state index is 0.0957. The van der Waals surface area contributed by atoms with Crippen molar-refractivity contribution < 1.29 is 9.53 Å². The Kier molecular flexibility index (Phi) is 3.67. The lowest BCUT2D eigenvalue weighted by molar-refractivity contribution is 0.0682. The average Bonchev–Trinajstić information content (AvgIpc) is 2.54. The molecule has 0 aliphatic carbocycles. The number of carbonyl (C=O) groups excluding carboxylic acids is 1. The Labute approximate surface area is 140 Å². The monoisotopic (exact) mass is 324 g/mol. The van der Waals surface area contributed by atoms with E-state index in [4.69, 9.17) is 4.74 Å². The summed E-state index contributed by atoms with van der Waals surface area (Å²) < 4.78 is 5.36. The minimum atomic E-state index is -0.218. The zero-order valence-corrected chi connectivity index (χ0v) is 13.9. The Balaban J connectivity index is 1.66. The third-order valence-electron chi connectivity index (χ3n) is 4.60. The number of rotatable bonds is 2. The van der Waals surface area contributed by atoms with Crippen LogP contribution in [0, 0.1) is 0 Å². The van der Waals surface area contributed by atoms with Gasteiger partial charge in [0.2, 0.25) is 0 Å². The van der Waals surface area contributed by atoms with Crippen molar-refractivity contribution in [2.75, 3.05) is 13.1 Å². The molecule has 6 heteroatoms.